The Kier molecular flexibility index (Phi) is 22.5. The van der Waals surface area contributed by atoms with E-state index >= 15 is 0 Å². The van der Waals surface area contributed by atoms with Gasteiger partial charge in [-0.25, -0.2) is 4.79 Å². The number of aliphatic carboxylic acids is 1. The Bertz CT molecular complexity index is 300. The third kappa shape index (κ3) is 25.6. The van der Waals surface area contributed by atoms with Crippen molar-refractivity contribution in [2.45, 2.75) is 96.8 Å². The molecule has 0 aromatic rings. The van der Waals surface area contributed by atoms with Crippen LogP contribution in [-0.4, -0.2) is 24.2 Å². The number of carbonyl (C=O) groups is 2. The highest BCUT2D eigenvalue weighted by molar-refractivity contribution is 5.80. The van der Waals surface area contributed by atoms with Crippen LogP contribution in [0.25, 0.3) is 0 Å². The third-order valence-electron chi connectivity index (χ3n) is 3.86. The number of hydrogen-bond acceptors (Lipinski definition) is 3. The Balaban J connectivity index is 0. The lowest BCUT2D eigenvalue weighted by atomic mass is 10.0. The van der Waals surface area contributed by atoms with E-state index in [4.69, 9.17) is 5.11 Å². The molecule has 0 aliphatic carbocycles. The number of unbranched alkanes of at least 4 members (excludes halogenated alkanes) is 12. The van der Waals surface area contributed by atoms with Crippen LogP contribution < -0.4 is 0 Å². The molecular weight excluding hydrogens is 304 g/mol. The molecule has 0 fully saturated rings. The molecule has 0 amide bonds. The van der Waals surface area contributed by atoms with Gasteiger partial charge in [0.2, 0.25) is 0 Å². The molecular formula is C20H38O4. The summed E-state index contributed by atoms with van der Waals surface area (Å²) in [5.74, 6) is -1.05. The zero-order chi connectivity index (χ0) is 18.5. The number of carbonyl (C=O) groups excluding carboxylic acids is 1. The second-order valence-corrected chi connectivity index (χ2v) is 6.11. The van der Waals surface area contributed by atoms with Gasteiger partial charge >= 0.3 is 11.9 Å². The summed E-state index contributed by atoms with van der Waals surface area (Å²) in [4.78, 5) is 20.1. The van der Waals surface area contributed by atoms with E-state index in [0.29, 0.717) is 6.42 Å². The Labute approximate surface area is 148 Å². The zero-order valence-electron chi connectivity index (χ0n) is 15.9. The van der Waals surface area contributed by atoms with E-state index in [1.54, 1.807) is 0 Å². The first-order valence-corrected chi connectivity index (χ1v) is 9.50. The van der Waals surface area contributed by atoms with Crippen LogP contribution in [0.15, 0.2) is 12.7 Å². The smallest absolute Gasteiger partial charge is 0.329 e. The maximum absolute atomic E-state index is 10.3. The van der Waals surface area contributed by atoms with Crippen LogP contribution in [0.5, 0.6) is 0 Å². The van der Waals surface area contributed by atoms with Crippen molar-refractivity contribution in [2.24, 2.45) is 0 Å². The maximum atomic E-state index is 10.3. The fraction of sp³-hybridized carbons (Fsp3) is 0.800. The Morgan fingerprint density at radius 3 is 1.46 bits per heavy atom. The molecule has 0 saturated heterocycles. The van der Waals surface area contributed by atoms with Crippen molar-refractivity contribution in [1.29, 1.82) is 0 Å². The second-order valence-electron chi connectivity index (χ2n) is 6.11. The third-order valence-corrected chi connectivity index (χ3v) is 3.86. The molecule has 24 heavy (non-hydrogen) atoms. The van der Waals surface area contributed by atoms with E-state index in [1.807, 2.05) is 0 Å². The largest absolute Gasteiger partial charge is 0.481 e. The first kappa shape index (κ1) is 24.9. The van der Waals surface area contributed by atoms with Gasteiger partial charge in [0, 0.05) is 12.5 Å². The Morgan fingerprint density at radius 2 is 1.21 bits per heavy atom. The Morgan fingerprint density at radius 1 is 0.833 bits per heavy atom. The molecule has 0 heterocycles. The molecule has 0 radical (unpaired) electrons. The molecule has 142 valence electrons. The number of carboxylic acid groups (broad SMARTS) is 1. The van der Waals surface area contributed by atoms with E-state index in [1.165, 1.54) is 77.7 Å². The molecule has 0 bridgehead atoms. The first-order chi connectivity index (χ1) is 11.6. The van der Waals surface area contributed by atoms with E-state index < -0.39 is 11.9 Å². The number of methoxy groups -OCH3 is 1. The SMILES string of the molecule is C=CC(=O)OC.CCCCCCCCCCCCCCCC(=O)O. The van der Waals surface area contributed by atoms with Crippen molar-refractivity contribution in [3.05, 3.63) is 12.7 Å². The molecule has 0 aliphatic heterocycles. The van der Waals surface area contributed by atoms with Gasteiger partial charge in [-0.05, 0) is 6.42 Å². The molecule has 4 heteroatoms. The van der Waals surface area contributed by atoms with Gasteiger partial charge < -0.3 is 9.84 Å². The van der Waals surface area contributed by atoms with E-state index in [2.05, 4.69) is 18.2 Å². The van der Waals surface area contributed by atoms with Gasteiger partial charge in [0.05, 0.1) is 7.11 Å². The summed E-state index contributed by atoms with van der Waals surface area (Å²) in [6.07, 6.45) is 18.4. The van der Waals surface area contributed by atoms with Crippen LogP contribution >= 0.6 is 0 Å². The predicted octanol–water partition coefficient (Wildman–Crippen LogP) is 5.90. The lowest BCUT2D eigenvalue weighted by Crippen LogP contribution is -1.93. The summed E-state index contributed by atoms with van der Waals surface area (Å²) in [5.41, 5.74) is 0. The Hall–Kier alpha value is -1.32. The number of ether oxygens (including phenoxy) is 1. The molecule has 0 rings (SSSR count). The molecule has 0 aromatic heterocycles. The summed E-state index contributed by atoms with van der Waals surface area (Å²) in [6.45, 7) is 5.42. The minimum absolute atomic E-state index is 0.345. The number of esters is 1. The summed E-state index contributed by atoms with van der Waals surface area (Å²) in [6, 6.07) is 0. The van der Waals surface area contributed by atoms with Crippen molar-refractivity contribution in [3.8, 4) is 0 Å². The van der Waals surface area contributed by atoms with E-state index in [0.717, 1.165) is 18.9 Å². The van der Waals surface area contributed by atoms with Crippen LogP contribution in [-0.2, 0) is 14.3 Å². The van der Waals surface area contributed by atoms with E-state index in [-0.39, 0.29) is 0 Å². The molecule has 1 N–H and O–H groups in total. The molecule has 4 nitrogen and oxygen atoms in total. The lowest BCUT2D eigenvalue weighted by Gasteiger charge is -2.02. The number of rotatable bonds is 15. The van der Waals surface area contributed by atoms with Crippen LogP contribution in [0.1, 0.15) is 96.8 Å². The molecule has 0 spiro atoms. The van der Waals surface area contributed by atoms with Crippen LogP contribution in [0, 0.1) is 0 Å². The fourth-order valence-corrected chi connectivity index (χ4v) is 2.38. The van der Waals surface area contributed by atoms with Crippen molar-refractivity contribution in [2.75, 3.05) is 7.11 Å². The molecule has 0 unspecified atom stereocenters. The predicted molar refractivity (Wildman–Crippen MR) is 100 cm³/mol. The highest BCUT2D eigenvalue weighted by atomic mass is 16.5. The van der Waals surface area contributed by atoms with Crippen molar-refractivity contribution in [3.63, 3.8) is 0 Å². The van der Waals surface area contributed by atoms with Crippen LogP contribution in [0.2, 0.25) is 0 Å². The average molecular weight is 343 g/mol. The van der Waals surface area contributed by atoms with Gasteiger partial charge in [-0.1, -0.05) is 90.6 Å². The second kappa shape index (κ2) is 21.7. The standard InChI is InChI=1S/C16H32O2.C4H6O2/c1-2-3-4-5-6-7-8-9-10-11-12-13-14-15-16(17)18;1-3-4(5)6-2/h2-15H2,1H3,(H,17,18);3H,1H2,2H3. The van der Waals surface area contributed by atoms with Gasteiger partial charge in [0.15, 0.2) is 0 Å². The van der Waals surface area contributed by atoms with Crippen molar-refractivity contribution >= 4 is 11.9 Å². The summed E-state index contributed by atoms with van der Waals surface area (Å²) in [5, 5.41) is 8.49. The average Bonchev–Trinajstić information content (AvgIpc) is 2.58. The van der Waals surface area contributed by atoms with E-state index in [9.17, 15) is 9.59 Å². The fourth-order valence-electron chi connectivity index (χ4n) is 2.38. The topological polar surface area (TPSA) is 63.6 Å². The quantitative estimate of drug-likeness (QED) is 0.229. The van der Waals surface area contributed by atoms with Crippen molar-refractivity contribution < 1.29 is 19.4 Å². The number of carboxylic acids is 1. The van der Waals surface area contributed by atoms with Gasteiger partial charge in [-0.15, -0.1) is 0 Å². The first-order valence-electron chi connectivity index (χ1n) is 9.50. The summed E-state index contributed by atoms with van der Waals surface area (Å²) in [7, 11) is 1.31. The summed E-state index contributed by atoms with van der Waals surface area (Å²) >= 11 is 0. The monoisotopic (exact) mass is 342 g/mol. The van der Waals surface area contributed by atoms with Crippen LogP contribution in [0.4, 0.5) is 0 Å². The normalized spacial score (nSPS) is 9.75. The highest BCUT2D eigenvalue weighted by Crippen LogP contribution is 2.12. The molecule has 0 atom stereocenters. The maximum Gasteiger partial charge on any atom is 0.329 e. The van der Waals surface area contributed by atoms with Crippen LogP contribution in [0.3, 0.4) is 0 Å². The van der Waals surface area contributed by atoms with Gasteiger partial charge in [0.25, 0.3) is 0 Å². The van der Waals surface area contributed by atoms with Gasteiger partial charge in [-0.3, -0.25) is 4.79 Å². The highest BCUT2D eigenvalue weighted by Gasteiger charge is 1.96. The molecule has 0 aliphatic rings. The van der Waals surface area contributed by atoms with Gasteiger partial charge in [-0.2, -0.15) is 0 Å². The zero-order valence-corrected chi connectivity index (χ0v) is 15.9. The lowest BCUT2D eigenvalue weighted by molar-refractivity contribution is -0.137. The van der Waals surface area contributed by atoms with Gasteiger partial charge in [0.1, 0.15) is 0 Å². The number of hydrogen-bond donors (Lipinski definition) is 1. The van der Waals surface area contributed by atoms with Crippen molar-refractivity contribution in [1.82, 2.24) is 0 Å². The molecule has 0 saturated carbocycles. The minimum Gasteiger partial charge on any atom is -0.481 e. The minimum atomic E-state index is -0.655. The molecule has 0 aromatic carbocycles. The summed E-state index contributed by atoms with van der Waals surface area (Å²) < 4.78 is 4.14.